The molecule has 0 saturated carbocycles. The number of hydrogen-bond donors (Lipinski definition) is 3. The van der Waals surface area contributed by atoms with Crippen molar-refractivity contribution in [3.63, 3.8) is 0 Å². The summed E-state index contributed by atoms with van der Waals surface area (Å²) in [4.78, 5) is 32.1. The first-order chi connectivity index (χ1) is 17.2. The summed E-state index contributed by atoms with van der Waals surface area (Å²) in [5.41, 5.74) is 2.13. The number of aromatic amines is 1. The molecule has 0 aliphatic rings. The number of aliphatic hydroxyl groups is 1. The van der Waals surface area contributed by atoms with Gasteiger partial charge in [0.05, 0.1) is 14.2 Å². The maximum Gasteiger partial charge on any atom is 0.271 e. The molecule has 8 nitrogen and oxygen atoms in total. The van der Waals surface area contributed by atoms with E-state index < -0.39 is 11.6 Å². The minimum Gasteiger partial charge on any atom is -0.493 e. The number of amides is 2. The highest BCUT2D eigenvalue weighted by Crippen LogP contribution is 2.33. The number of hydrogen-bond acceptors (Lipinski definition) is 5. The van der Waals surface area contributed by atoms with Gasteiger partial charge in [-0.2, -0.15) is 0 Å². The van der Waals surface area contributed by atoms with Gasteiger partial charge in [0.15, 0.2) is 11.5 Å². The summed E-state index contributed by atoms with van der Waals surface area (Å²) in [5, 5.41) is 12.6. The van der Waals surface area contributed by atoms with Gasteiger partial charge in [0.2, 0.25) is 5.91 Å². The molecular weight excluding hydrogens is 458 g/mol. The summed E-state index contributed by atoms with van der Waals surface area (Å²) >= 11 is 0. The number of nitrogens with one attached hydrogen (secondary N) is 2. The van der Waals surface area contributed by atoms with Gasteiger partial charge in [-0.3, -0.25) is 9.59 Å². The zero-order valence-electron chi connectivity index (χ0n) is 21.5. The number of aromatic nitrogens is 1. The fraction of sp³-hybridized carbons (Fsp3) is 0.357. The molecule has 3 aromatic rings. The zero-order valence-corrected chi connectivity index (χ0v) is 21.5. The van der Waals surface area contributed by atoms with E-state index in [0.29, 0.717) is 29.2 Å². The molecule has 1 unspecified atom stereocenters. The molecule has 0 saturated heterocycles. The quantitative estimate of drug-likeness (QED) is 0.393. The molecule has 0 aliphatic carbocycles. The van der Waals surface area contributed by atoms with Gasteiger partial charge < -0.3 is 29.8 Å². The monoisotopic (exact) mass is 493 g/mol. The van der Waals surface area contributed by atoms with E-state index in [1.807, 2.05) is 57.2 Å². The van der Waals surface area contributed by atoms with Gasteiger partial charge in [-0.1, -0.05) is 36.4 Å². The summed E-state index contributed by atoms with van der Waals surface area (Å²) < 4.78 is 10.8. The maximum absolute atomic E-state index is 13.8. The number of rotatable bonds is 10. The lowest BCUT2D eigenvalue weighted by atomic mass is 10.0. The molecule has 8 heteroatoms. The Morgan fingerprint density at radius 2 is 1.69 bits per heavy atom. The standard InChI is InChI=1S/C28H35N3O5/c1-28(2,3)30-26(33)25(20-12-15-23(35-4)24(18-20)36-5)31(16-9-17-32)27(34)22-14-13-21(29-22)19-10-7-6-8-11-19/h6-8,10-15,18,25,29,32H,9,16-17H2,1-5H3,(H,30,33). The van der Waals surface area contributed by atoms with Crippen LogP contribution in [0.4, 0.5) is 0 Å². The Balaban J connectivity index is 2.07. The summed E-state index contributed by atoms with van der Waals surface area (Å²) in [6.45, 7) is 5.70. The first-order valence-electron chi connectivity index (χ1n) is 11.9. The van der Waals surface area contributed by atoms with Crippen molar-refractivity contribution >= 4 is 11.8 Å². The average Bonchev–Trinajstić information content (AvgIpc) is 3.35. The molecule has 0 radical (unpaired) electrons. The van der Waals surface area contributed by atoms with Crippen LogP contribution in [0.15, 0.2) is 60.7 Å². The Morgan fingerprint density at radius 3 is 2.31 bits per heavy atom. The number of nitrogens with zero attached hydrogens (tertiary/aromatic N) is 1. The predicted molar refractivity (Wildman–Crippen MR) is 139 cm³/mol. The number of methoxy groups -OCH3 is 2. The topological polar surface area (TPSA) is 104 Å². The minimum absolute atomic E-state index is 0.122. The van der Waals surface area contributed by atoms with Crippen molar-refractivity contribution in [2.24, 2.45) is 0 Å². The highest BCUT2D eigenvalue weighted by Gasteiger charge is 2.34. The molecule has 36 heavy (non-hydrogen) atoms. The smallest absolute Gasteiger partial charge is 0.271 e. The lowest BCUT2D eigenvalue weighted by molar-refractivity contribution is -0.127. The molecule has 3 rings (SSSR count). The molecule has 0 fully saturated rings. The van der Waals surface area contributed by atoms with Crippen LogP contribution in [0.5, 0.6) is 11.5 Å². The second-order valence-electron chi connectivity index (χ2n) is 9.48. The lowest BCUT2D eigenvalue weighted by Gasteiger charge is -2.33. The van der Waals surface area contributed by atoms with Crippen molar-refractivity contribution in [1.82, 2.24) is 15.2 Å². The molecule has 1 heterocycles. The van der Waals surface area contributed by atoms with Crippen LogP contribution >= 0.6 is 0 Å². The molecule has 2 amide bonds. The summed E-state index contributed by atoms with van der Waals surface area (Å²) in [6, 6.07) is 17.4. The summed E-state index contributed by atoms with van der Waals surface area (Å²) in [7, 11) is 3.05. The Kier molecular flexibility index (Phi) is 8.77. The normalized spacial score (nSPS) is 12.1. The SMILES string of the molecule is COc1ccc(C(C(=O)NC(C)(C)C)N(CCCO)C(=O)c2ccc(-c3ccccc3)[nH]2)cc1OC. The second kappa shape index (κ2) is 11.8. The highest BCUT2D eigenvalue weighted by molar-refractivity contribution is 5.97. The van der Waals surface area contributed by atoms with Crippen LogP contribution in [-0.4, -0.2) is 59.7 Å². The molecule has 0 aliphatic heterocycles. The Morgan fingerprint density at radius 1 is 1.00 bits per heavy atom. The number of ether oxygens (including phenoxy) is 2. The van der Waals surface area contributed by atoms with Crippen LogP contribution in [-0.2, 0) is 4.79 Å². The minimum atomic E-state index is -0.966. The van der Waals surface area contributed by atoms with E-state index >= 15 is 0 Å². The van der Waals surface area contributed by atoms with E-state index in [-0.39, 0.29) is 25.0 Å². The number of carbonyl (C=O) groups excluding carboxylic acids is 2. The van der Waals surface area contributed by atoms with Crippen molar-refractivity contribution in [2.45, 2.75) is 38.8 Å². The maximum atomic E-state index is 13.8. The van der Waals surface area contributed by atoms with Gasteiger partial charge in [-0.25, -0.2) is 0 Å². The third-order valence-corrected chi connectivity index (χ3v) is 5.60. The fourth-order valence-corrected chi connectivity index (χ4v) is 3.98. The fourth-order valence-electron chi connectivity index (χ4n) is 3.98. The van der Waals surface area contributed by atoms with Crippen LogP contribution in [0.2, 0.25) is 0 Å². The molecular formula is C28H35N3O5. The van der Waals surface area contributed by atoms with E-state index in [9.17, 15) is 14.7 Å². The largest absolute Gasteiger partial charge is 0.493 e. The van der Waals surface area contributed by atoms with Gasteiger partial charge in [-0.15, -0.1) is 0 Å². The van der Waals surface area contributed by atoms with Crippen molar-refractivity contribution in [1.29, 1.82) is 0 Å². The Labute approximate surface area is 212 Å². The van der Waals surface area contributed by atoms with Gasteiger partial charge in [-0.05, 0) is 62.6 Å². The summed E-state index contributed by atoms with van der Waals surface area (Å²) in [6.07, 6.45) is 0.310. The second-order valence-corrected chi connectivity index (χ2v) is 9.48. The highest BCUT2D eigenvalue weighted by atomic mass is 16.5. The van der Waals surface area contributed by atoms with Gasteiger partial charge in [0, 0.05) is 24.4 Å². The first-order valence-corrected chi connectivity index (χ1v) is 11.9. The summed E-state index contributed by atoms with van der Waals surface area (Å²) in [5.74, 6) is 0.274. The van der Waals surface area contributed by atoms with E-state index in [1.165, 1.54) is 19.1 Å². The van der Waals surface area contributed by atoms with Crippen LogP contribution in [0.3, 0.4) is 0 Å². The Bertz CT molecular complexity index is 1170. The lowest BCUT2D eigenvalue weighted by Crippen LogP contribution is -2.49. The van der Waals surface area contributed by atoms with Crippen LogP contribution in [0.1, 0.15) is 49.3 Å². The molecule has 1 atom stereocenters. The molecule has 0 spiro atoms. The van der Waals surface area contributed by atoms with Crippen molar-refractivity contribution in [2.75, 3.05) is 27.4 Å². The van der Waals surface area contributed by atoms with E-state index in [0.717, 1.165) is 11.3 Å². The molecule has 2 aromatic carbocycles. The van der Waals surface area contributed by atoms with E-state index in [4.69, 9.17) is 9.47 Å². The van der Waals surface area contributed by atoms with Crippen molar-refractivity contribution < 1.29 is 24.2 Å². The number of aliphatic hydroxyl groups excluding tert-OH is 1. The van der Waals surface area contributed by atoms with Crippen LogP contribution in [0, 0.1) is 0 Å². The van der Waals surface area contributed by atoms with E-state index in [1.54, 1.807) is 24.3 Å². The molecule has 1 aromatic heterocycles. The first kappa shape index (κ1) is 26.8. The van der Waals surface area contributed by atoms with E-state index in [2.05, 4.69) is 10.3 Å². The van der Waals surface area contributed by atoms with Crippen LogP contribution < -0.4 is 14.8 Å². The molecule has 3 N–H and O–H groups in total. The third kappa shape index (κ3) is 6.46. The predicted octanol–water partition coefficient (Wildman–Crippen LogP) is 4.18. The van der Waals surface area contributed by atoms with Crippen molar-refractivity contribution in [3.05, 3.63) is 71.9 Å². The number of benzene rings is 2. The van der Waals surface area contributed by atoms with Gasteiger partial charge in [0.25, 0.3) is 5.91 Å². The molecule has 192 valence electrons. The molecule has 0 bridgehead atoms. The van der Waals surface area contributed by atoms with Crippen LogP contribution in [0.25, 0.3) is 11.3 Å². The zero-order chi connectivity index (χ0) is 26.3. The number of carbonyl (C=O) groups is 2. The Hall–Kier alpha value is -3.78. The average molecular weight is 494 g/mol. The van der Waals surface area contributed by atoms with Crippen molar-refractivity contribution in [3.8, 4) is 22.8 Å². The van der Waals surface area contributed by atoms with Gasteiger partial charge in [0.1, 0.15) is 11.7 Å². The van der Waals surface area contributed by atoms with Gasteiger partial charge >= 0.3 is 0 Å². The number of H-pyrrole nitrogens is 1. The third-order valence-electron chi connectivity index (χ3n) is 5.60.